The third-order valence-electron chi connectivity index (χ3n) is 5.30. The van der Waals surface area contributed by atoms with Crippen molar-refractivity contribution in [3.8, 4) is 0 Å². The van der Waals surface area contributed by atoms with Gasteiger partial charge < -0.3 is 20.5 Å². The lowest BCUT2D eigenvalue weighted by Gasteiger charge is -2.24. The average Bonchev–Trinajstić information content (AvgIpc) is 2.82. The summed E-state index contributed by atoms with van der Waals surface area (Å²) in [5.74, 6) is -4.59. The molecule has 2 unspecified atom stereocenters. The van der Waals surface area contributed by atoms with Gasteiger partial charge >= 0.3 is 18.1 Å². The van der Waals surface area contributed by atoms with E-state index in [1.165, 1.54) is 24.3 Å². The van der Waals surface area contributed by atoms with Crippen LogP contribution in [0.4, 0.5) is 24.5 Å². The van der Waals surface area contributed by atoms with Crippen molar-refractivity contribution in [3.63, 3.8) is 0 Å². The summed E-state index contributed by atoms with van der Waals surface area (Å²) < 4.78 is 42.6. The minimum Gasteiger partial charge on any atom is -0.481 e. The fourth-order valence-electron chi connectivity index (χ4n) is 3.46. The summed E-state index contributed by atoms with van der Waals surface area (Å²) in [4.78, 5) is 48.0. The van der Waals surface area contributed by atoms with Gasteiger partial charge in [0.2, 0.25) is 5.91 Å². The third kappa shape index (κ3) is 6.92. The van der Waals surface area contributed by atoms with Gasteiger partial charge in [-0.2, -0.15) is 13.2 Å². The van der Waals surface area contributed by atoms with Crippen LogP contribution in [0.1, 0.15) is 28.8 Å². The molecule has 3 N–H and O–H groups in total. The number of aliphatic carboxylic acids is 1. The molecule has 35 heavy (non-hydrogen) atoms. The second-order valence-corrected chi connectivity index (χ2v) is 7.76. The molecule has 0 heterocycles. The number of allylic oxidation sites excluding steroid dienone is 2. The summed E-state index contributed by atoms with van der Waals surface area (Å²) in [6.07, 6.45) is -0.430. The number of anilines is 2. The Morgan fingerprint density at radius 2 is 1.40 bits per heavy atom. The highest BCUT2D eigenvalue weighted by Gasteiger charge is 2.34. The first-order valence-corrected chi connectivity index (χ1v) is 10.5. The van der Waals surface area contributed by atoms with Crippen molar-refractivity contribution in [1.82, 2.24) is 0 Å². The molecule has 0 saturated carbocycles. The third-order valence-corrected chi connectivity index (χ3v) is 5.30. The number of halogens is 3. The smallest absolute Gasteiger partial charge is 0.416 e. The van der Waals surface area contributed by atoms with Crippen molar-refractivity contribution in [2.45, 2.75) is 19.0 Å². The van der Waals surface area contributed by atoms with Gasteiger partial charge in [0.1, 0.15) is 0 Å². The number of carbonyl (C=O) groups is 4. The monoisotopic (exact) mass is 490 g/mol. The predicted octanol–water partition coefficient (Wildman–Crippen LogP) is 4.11. The summed E-state index contributed by atoms with van der Waals surface area (Å²) in [7, 11) is 0. The molecule has 2 amide bonds. The number of nitrogens with one attached hydrogen (secondary N) is 2. The van der Waals surface area contributed by atoms with Gasteiger partial charge in [-0.3, -0.25) is 14.4 Å². The molecule has 2 atom stereocenters. The SMILES string of the molecule is O=C(COC(=O)c1ccc(NC(=O)C2CC=CCC2C(=O)O)cc1)Nc1ccc(C(F)(F)F)cc1. The topological polar surface area (TPSA) is 122 Å². The lowest BCUT2D eigenvalue weighted by molar-refractivity contribution is -0.146. The number of benzene rings is 2. The summed E-state index contributed by atoms with van der Waals surface area (Å²) >= 11 is 0. The first-order chi connectivity index (χ1) is 16.5. The Hall–Kier alpha value is -4.15. The van der Waals surface area contributed by atoms with Gasteiger partial charge in [-0.1, -0.05) is 12.2 Å². The molecule has 0 radical (unpaired) electrons. The van der Waals surface area contributed by atoms with Crippen molar-refractivity contribution >= 4 is 35.1 Å². The first kappa shape index (κ1) is 25.5. The molecule has 0 aromatic heterocycles. The van der Waals surface area contributed by atoms with Crippen LogP contribution in [0, 0.1) is 11.8 Å². The maximum atomic E-state index is 12.6. The van der Waals surface area contributed by atoms with E-state index >= 15 is 0 Å². The molecule has 0 aliphatic heterocycles. The van der Waals surface area contributed by atoms with Gasteiger partial charge in [0.25, 0.3) is 5.91 Å². The standard InChI is InChI=1S/C24H21F3N2O6/c25-24(26,27)15-7-11-16(12-8-15)28-20(30)13-35-23(34)14-5-9-17(10-6-14)29-21(31)18-3-1-2-4-19(18)22(32)33/h1-2,5-12,18-19H,3-4,13H2,(H,28,30)(H,29,31)(H,32,33). The molecule has 0 fully saturated rings. The number of hydrogen-bond acceptors (Lipinski definition) is 5. The number of carbonyl (C=O) groups excluding carboxylic acids is 3. The van der Waals surface area contributed by atoms with Crippen LogP contribution in [0.25, 0.3) is 0 Å². The lowest BCUT2D eigenvalue weighted by atomic mass is 9.82. The Balaban J connectivity index is 1.50. The summed E-state index contributed by atoms with van der Waals surface area (Å²) in [5.41, 5.74) is -0.309. The summed E-state index contributed by atoms with van der Waals surface area (Å²) in [6, 6.07) is 9.39. The van der Waals surface area contributed by atoms with Gasteiger partial charge in [-0.25, -0.2) is 4.79 Å². The zero-order valence-electron chi connectivity index (χ0n) is 18.2. The van der Waals surface area contributed by atoms with E-state index in [1.54, 1.807) is 12.2 Å². The van der Waals surface area contributed by atoms with Crippen LogP contribution in [0.2, 0.25) is 0 Å². The molecule has 3 rings (SSSR count). The van der Waals surface area contributed by atoms with Gasteiger partial charge in [0.05, 0.1) is 23.0 Å². The molecule has 1 aliphatic carbocycles. The van der Waals surface area contributed by atoms with Crippen LogP contribution in [0.5, 0.6) is 0 Å². The zero-order valence-corrected chi connectivity index (χ0v) is 18.2. The van der Waals surface area contributed by atoms with Gasteiger partial charge in [0.15, 0.2) is 6.61 Å². The number of esters is 1. The van der Waals surface area contributed by atoms with Crippen molar-refractivity contribution in [2.75, 3.05) is 17.2 Å². The molecule has 0 saturated heterocycles. The normalized spacial score (nSPS) is 17.3. The number of ether oxygens (including phenoxy) is 1. The van der Waals surface area contributed by atoms with E-state index in [2.05, 4.69) is 10.6 Å². The Morgan fingerprint density at radius 1 is 0.857 bits per heavy atom. The summed E-state index contributed by atoms with van der Waals surface area (Å²) in [5, 5.41) is 14.3. The van der Waals surface area contributed by atoms with E-state index in [9.17, 15) is 37.5 Å². The van der Waals surface area contributed by atoms with Gasteiger partial charge in [-0.05, 0) is 61.4 Å². The van der Waals surface area contributed by atoms with E-state index < -0.39 is 53.9 Å². The second-order valence-electron chi connectivity index (χ2n) is 7.76. The Labute approximate surface area is 197 Å². The maximum Gasteiger partial charge on any atom is 0.416 e. The predicted molar refractivity (Wildman–Crippen MR) is 118 cm³/mol. The molecule has 0 bridgehead atoms. The molecule has 2 aromatic rings. The van der Waals surface area contributed by atoms with Crippen LogP contribution < -0.4 is 10.6 Å². The summed E-state index contributed by atoms with van der Waals surface area (Å²) in [6.45, 7) is -0.663. The molecular formula is C24H21F3N2O6. The fraction of sp³-hybridized carbons (Fsp3) is 0.250. The molecule has 0 spiro atoms. The molecule has 8 nitrogen and oxygen atoms in total. The molecule has 184 valence electrons. The van der Waals surface area contributed by atoms with Gasteiger partial charge in [-0.15, -0.1) is 0 Å². The highest BCUT2D eigenvalue weighted by molar-refractivity contribution is 5.97. The fourth-order valence-corrected chi connectivity index (χ4v) is 3.46. The minimum atomic E-state index is -4.50. The number of hydrogen-bond donors (Lipinski definition) is 3. The molecule has 11 heteroatoms. The van der Waals surface area contributed by atoms with Crippen molar-refractivity contribution in [3.05, 3.63) is 71.8 Å². The van der Waals surface area contributed by atoms with Crippen molar-refractivity contribution in [1.29, 1.82) is 0 Å². The molecule has 2 aromatic carbocycles. The van der Waals surface area contributed by atoms with Crippen LogP contribution in [-0.4, -0.2) is 35.5 Å². The Kier molecular flexibility index (Phi) is 7.90. The molecule has 1 aliphatic rings. The Morgan fingerprint density at radius 3 is 1.97 bits per heavy atom. The zero-order chi connectivity index (χ0) is 25.6. The van der Waals surface area contributed by atoms with Gasteiger partial charge in [0, 0.05) is 11.4 Å². The highest BCUT2D eigenvalue weighted by Crippen LogP contribution is 2.30. The van der Waals surface area contributed by atoms with Crippen LogP contribution in [0.3, 0.4) is 0 Å². The highest BCUT2D eigenvalue weighted by atomic mass is 19.4. The van der Waals surface area contributed by atoms with Crippen molar-refractivity contribution < 1.29 is 42.2 Å². The average molecular weight is 490 g/mol. The van der Waals surface area contributed by atoms with Crippen molar-refractivity contribution in [2.24, 2.45) is 11.8 Å². The van der Waals surface area contributed by atoms with E-state index in [-0.39, 0.29) is 17.7 Å². The van der Waals surface area contributed by atoms with E-state index in [4.69, 9.17) is 4.74 Å². The number of rotatable bonds is 7. The van der Waals surface area contributed by atoms with E-state index in [1.807, 2.05) is 0 Å². The van der Waals surface area contributed by atoms with E-state index in [0.29, 0.717) is 12.1 Å². The second kappa shape index (κ2) is 10.9. The largest absolute Gasteiger partial charge is 0.481 e. The van der Waals surface area contributed by atoms with Crippen LogP contribution >= 0.6 is 0 Å². The van der Waals surface area contributed by atoms with Crippen LogP contribution in [0.15, 0.2) is 60.7 Å². The number of carboxylic acids is 1. The number of carboxylic acid groups (broad SMARTS) is 1. The lowest BCUT2D eigenvalue weighted by Crippen LogP contribution is -2.34. The molecular weight excluding hydrogens is 469 g/mol. The van der Waals surface area contributed by atoms with E-state index in [0.717, 1.165) is 24.3 Å². The van der Waals surface area contributed by atoms with Crippen LogP contribution in [-0.2, 0) is 25.3 Å². The number of amides is 2. The minimum absolute atomic E-state index is 0.0920. The first-order valence-electron chi connectivity index (χ1n) is 10.5. The Bertz CT molecular complexity index is 1130. The number of alkyl halides is 3. The quantitative estimate of drug-likeness (QED) is 0.397. The maximum absolute atomic E-state index is 12.6.